The van der Waals surface area contributed by atoms with E-state index in [1.807, 2.05) is 31.2 Å². The zero-order valence-electron chi connectivity index (χ0n) is 13.9. The van der Waals surface area contributed by atoms with E-state index in [9.17, 15) is 14.9 Å². The van der Waals surface area contributed by atoms with Crippen molar-refractivity contribution < 1.29 is 9.72 Å². The normalized spacial score (nSPS) is 11.0. The number of rotatable bonds is 7. The molecule has 1 amide bonds. The van der Waals surface area contributed by atoms with Crippen molar-refractivity contribution in [1.29, 1.82) is 0 Å². The van der Waals surface area contributed by atoms with Crippen LogP contribution in [0.25, 0.3) is 11.3 Å². The van der Waals surface area contributed by atoms with Crippen LogP contribution in [0.5, 0.6) is 0 Å². The minimum absolute atomic E-state index is 0.0250. The monoisotopic (exact) mass is 348 g/mol. The lowest BCUT2D eigenvalue weighted by molar-refractivity contribution is -0.384. The lowest BCUT2D eigenvalue weighted by Gasteiger charge is -2.16. The van der Waals surface area contributed by atoms with Gasteiger partial charge in [0.15, 0.2) is 0 Å². The van der Waals surface area contributed by atoms with Crippen molar-refractivity contribution in [3.63, 3.8) is 0 Å². The summed E-state index contributed by atoms with van der Waals surface area (Å²) in [6.45, 7) is 4.68. The second kappa shape index (κ2) is 7.98. The zero-order valence-corrected chi connectivity index (χ0v) is 14.7. The Kier molecular flexibility index (Phi) is 5.99. The first-order valence-electron chi connectivity index (χ1n) is 7.52. The number of thiazole rings is 1. The molecule has 24 heavy (non-hydrogen) atoms. The molecule has 1 heterocycles. The molecule has 128 valence electrons. The average molecular weight is 348 g/mol. The van der Waals surface area contributed by atoms with Crippen LogP contribution >= 0.6 is 11.3 Å². The van der Waals surface area contributed by atoms with E-state index in [4.69, 9.17) is 0 Å². The van der Waals surface area contributed by atoms with Crippen LogP contribution in [0.4, 0.5) is 5.69 Å². The lowest BCUT2D eigenvalue weighted by atomic mass is 10.1. The van der Waals surface area contributed by atoms with Gasteiger partial charge in [-0.05, 0) is 20.9 Å². The minimum Gasteiger partial charge on any atom is -0.353 e. The van der Waals surface area contributed by atoms with Gasteiger partial charge in [-0.15, -0.1) is 11.3 Å². The molecule has 2 rings (SSSR count). The molecule has 0 bridgehead atoms. The largest absolute Gasteiger partial charge is 0.353 e. The first-order chi connectivity index (χ1) is 11.3. The number of aromatic nitrogens is 1. The van der Waals surface area contributed by atoms with Crippen LogP contribution in [0.15, 0.2) is 29.6 Å². The number of nitro benzene ring substituents is 1. The predicted octanol–water partition coefficient (Wildman–Crippen LogP) is 2.67. The summed E-state index contributed by atoms with van der Waals surface area (Å²) in [6.07, 6.45) is 0. The first kappa shape index (κ1) is 18.0. The van der Waals surface area contributed by atoms with Gasteiger partial charge in [-0.1, -0.05) is 12.1 Å². The quantitative estimate of drug-likeness (QED) is 0.614. The highest BCUT2D eigenvalue weighted by Crippen LogP contribution is 2.25. The summed E-state index contributed by atoms with van der Waals surface area (Å²) in [5.41, 5.74) is 1.47. The Morgan fingerprint density at radius 1 is 1.46 bits per heavy atom. The molecule has 0 unspecified atom stereocenters. The van der Waals surface area contributed by atoms with Gasteiger partial charge in [0, 0.05) is 29.1 Å². The fourth-order valence-corrected chi connectivity index (χ4v) is 3.08. The SMILES string of the molecule is CC(C)NC(=O)CN(C)Cc1nc(-c2cccc([N+](=O)[O-])c2)cs1. The van der Waals surface area contributed by atoms with E-state index in [1.165, 1.54) is 23.5 Å². The van der Waals surface area contributed by atoms with Gasteiger partial charge < -0.3 is 5.32 Å². The summed E-state index contributed by atoms with van der Waals surface area (Å²) in [7, 11) is 1.86. The third kappa shape index (κ3) is 5.10. The number of likely N-dealkylation sites (N-methyl/N-ethyl adjacent to an activating group) is 1. The first-order valence-corrected chi connectivity index (χ1v) is 8.40. The molecule has 0 aliphatic heterocycles. The van der Waals surface area contributed by atoms with E-state index in [0.717, 1.165) is 5.01 Å². The van der Waals surface area contributed by atoms with Crippen molar-refractivity contribution in [1.82, 2.24) is 15.2 Å². The molecule has 0 aliphatic carbocycles. The van der Waals surface area contributed by atoms with Crippen LogP contribution in [0.3, 0.4) is 0 Å². The van der Waals surface area contributed by atoms with Gasteiger partial charge in [-0.25, -0.2) is 4.98 Å². The fraction of sp³-hybridized carbons (Fsp3) is 0.375. The molecule has 0 aliphatic rings. The highest BCUT2D eigenvalue weighted by Gasteiger charge is 2.12. The van der Waals surface area contributed by atoms with Gasteiger partial charge in [0.1, 0.15) is 5.01 Å². The van der Waals surface area contributed by atoms with Gasteiger partial charge in [-0.2, -0.15) is 0 Å². The molecule has 1 aromatic carbocycles. The molecule has 7 nitrogen and oxygen atoms in total. The Morgan fingerprint density at radius 3 is 2.88 bits per heavy atom. The van der Waals surface area contributed by atoms with Crippen LogP contribution in [-0.2, 0) is 11.3 Å². The highest BCUT2D eigenvalue weighted by molar-refractivity contribution is 7.09. The van der Waals surface area contributed by atoms with Crippen molar-refractivity contribution in [2.45, 2.75) is 26.4 Å². The van der Waals surface area contributed by atoms with E-state index >= 15 is 0 Å². The van der Waals surface area contributed by atoms with Crippen LogP contribution in [0, 0.1) is 10.1 Å². The second-order valence-electron chi connectivity index (χ2n) is 5.83. The van der Waals surface area contributed by atoms with Crippen LogP contribution < -0.4 is 5.32 Å². The van der Waals surface area contributed by atoms with E-state index in [1.54, 1.807) is 12.1 Å². The number of benzene rings is 1. The number of nitrogens with zero attached hydrogens (tertiary/aromatic N) is 3. The summed E-state index contributed by atoms with van der Waals surface area (Å²) < 4.78 is 0. The Bertz CT molecular complexity index is 730. The number of carbonyl (C=O) groups excluding carboxylic acids is 1. The van der Waals surface area contributed by atoms with Crippen LogP contribution in [0.1, 0.15) is 18.9 Å². The molecule has 8 heteroatoms. The number of non-ortho nitro benzene ring substituents is 1. The third-order valence-electron chi connectivity index (χ3n) is 3.17. The Morgan fingerprint density at radius 2 is 2.21 bits per heavy atom. The Balaban J connectivity index is 2.01. The summed E-state index contributed by atoms with van der Waals surface area (Å²) in [4.78, 5) is 28.6. The minimum atomic E-state index is -0.419. The Labute approximate surface area is 144 Å². The second-order valence-corrected chi connectivity index (χ2v) is 6.77. The van der Waals surface area contributed by atoms with E-state index in [0.29, 0.717) is 24.3 Å². The number of nitro groups is 1. The predicted molar refractivity (Wildman–Crippen MR) is 93.8 cm³/mol. The molecular formula is C16H20N4O3S. The Hall–Kier alpha value is -2.32. The molecular weight excluding hydrogens is 328 g/mol. The van der Waals surface area contributed by atoms with Crippen molar-refractivity contribution in [3.8, 4) is 11.3 Å². The van der Waals surface area contributed by atoms with Crippen molar-refractivity contribution >= 4 is 22.9 Å². The molecule has 0 radical (unpaired) electrons. The molecule has 0 fully saturated rings. The van der Waals surface area contributed by atoms with Crippen molar-refractivity contribution in [2.24, 2.45) is 0 Å². The fourth-order valence-electron chi connectivity index (χ4n) is 2.19. The molecule has 1 aromatic heterocycles. The molecule has 0 spiro atoms. The standard InChI is InChI=1S/C16H20N4O3S/c1-11(2)17-15(21)8-19(3)9-16-18-14(10-24-16)12-5-4-6-13(7-12)20(22)23/h4-7,10-11H,8-9H2,1-3H3,(H,17,21). The van der Waals surface area contributed by atoms with E-state index in [-0.39, 0.29) is 17.6 Å². The van der Waals surface area contributed by atoms with Gasteiger partial charge in [0.2, 0.25) is 5.91 Å². The molecule has 0 atom stereocenters. The molecule has 0 saturated carbocycles. The van der Waals surface area contributed by atoms with E-state index < -0.39 is 4.92 Å². The number of amides is 1. The van der Waals surface area contributed by atoms with Crippen LogP contribution in [0.2, 0.25) is 0 Å². The summed E-state index contributed by atoms with van der Waals surface area (Å²) in [6, 6.07) is 6.53. The highest BCUT2D eigenvalue weighted by atomic mass is 32.1. The lowest BCUT2D eigenvalue weighted by Crippen LogP contribution is -2.38. The van der Waals surface area contributed by atoms with Gasteiger partial charge in [0.05, 0.1) is 23.7 Å². The average Bonchev–Trinajstić information content (AvgIpc) is 2.94. The molecule has 1 N–H and O–H groups in total. The number of nitrogens with one attached hydrogen (secondary N) is 1. The molecule has 2 aromatic rings. The number of hydrogen-bond acceptors (Lipinski definition) is 6. The smallest absolute Gasteiger partial charge is 0.270 e. The third-order valence-corrected chi connectivity index (χ3v) is 4.01. The maximum Gasteiger partial charge on any atom is 0.270 e. The topological polar surface area (TPSA) is 88.4 Å². The van der Waals surface area contributed by atoms with Gasteiger partial charge in [-0.3, -0.25) is 19.8 Å². The summed E-state index contributed by atoms with van der Waals surface area (Å²) in [5, 5.41) is 16.4. The van der Waals surface area contributed by atoms with E-state index in [2.05, 4.69) is 10.3 Å². The molecule has 0 saturated heterocycles. The zero-order chi connectivity index (χ0) is 17.7. The van der Waals surface area contributed by atoms with Gasteiger partial charge >= 0.3 is 0 Å². The summed E-state index contributed by atoms with van der Waals surface area (Å²) >= 11 is 1.47. The summed E-state index contributed by atoms with van der Waals surface area (Å²) in [5.74, 6) is -0.0250. The number of hydrogen-bond donors (Lipinski definition) is 1. The van der Waals surface area contributed by atoms with Crippen molar-refractivity contribution in [2.75, 3.05) is 13.6 Å². The maximum atomic E-state index is 11.7. The maximum absolute atomic E-state index is 11.7. The number of carbonyl (C=O) groups is 1. The van der Waals surface area contributed by atoms with Crippen LogP contribution in [-0.4, -0.2) is 40.3 Å². The van der Waals surface area contributed by atoms with Gasteiger partial charge in [0.25, 0.3) is 5.69 Å². The van der Waals surface area contributed by atoms with Crippen molar-refractivity contribution in [3.05, 3.63) is 44.8 Å².